The Morgan fingerprint density at radius 1 is 1.41 bits per heavy atom. The van der Waals surface area contributed by atoms with Gasteiger partial charge in [0.15, 0.2) is 0 Å². The van der Waals surface area contributed by atoms with Crippen molar-refractivity contribution in [2.45, 2.75) is 45.1 Å². The van der Waals surface area contributed by atoms with E-state index in [1.54, 1.807) is 13.3 Å². The minimum absolute atomic E-state index is 0.251. The third kappa shape index (κ3) is 3.32. The molecule has 4 heteroatoms. The van der Waals surface area contributed by atoms with Crippen LogP contribution in [0.4, 0.5) is 0 Å². The molecule has 120 valence electrons. The highest BCUT2D eigenvalue weighted by Crippen LogP contribution is 2.61. The van der Waals surface area contributed by atoms with E-state index in [0.717, 1.165) is 12.0 Å². The van der Waals surface area contributed by atoms with Crippen molar-refractivity contribution in [1.82, 2.24) is 9.88 Å². The number of aromatic nitrogens is 1. The van der Waals surface area contributed by atoms with Crippen molar-refractivity contribution in [1.29, 1.82) is 0 Å². The minimum Gasteiger partial charge on any atom is -0.383 e. The molecule has 1 spiro atoms. The molecule has 2 aliphatic carbocycles. The zero-order valence-corrected chi connectivity index (χ0v) is 13.5. The van der Waals surface area contributed by atoms with Crippen LogP contribution in [0.2, 0.25) is 0 Å². The molecule has 1 aromatic heterocycles. The van der Waals surface area contributed by atoms with Gasteiger partial charge in [0, 0.05) is 38.5 Å². The molecule has 1 atom stereocenters. The van der Waals surface area contributed by atoms with Gasteiger partial charge in [-0.25, -0.2) is 0 Å². The predicted octanol–water partition coefficient (Wildman–Crippen LogP) is 3.03. The van der Waals surface area contributed by atoms with Crippen molar-refractivity contribution in [3.63, 3.8) is 0 Å². The summed E-state index contributed by atoms with van der Waals surface area (Å²) in [7, 11) is 1.69. The van der Waals surface area contributed by atoms with Crippen LogP contribution in [0.15, 0.2) is 24.5 Å². The first-order chi connectivity index (χ1) is 10.7. The Bertz CT molecular complexity index is 497. The van der Waals surface area contributed by atoms with Gasteiger partial charge < -0.3 is 9.64 Å². The van der Waals surface area contributed by atoms with E-state index in [1.165, 1.54) is 32.1 Å². The zero-order chi connectivity index (χ0) is 15.4. The van der Waals surface area contributed by atoms with E-state index in [2.05, 4.69) is 4.98 Å². The molecule has 0 bridgehead atoms. The van der Waals surface area contributed by atoms with E-state index < -0.39 is 0 Å². The molecule has 2 aliphatic rings. The second-order valence-electron chi connectivity index (χ2n) is 6.79. The number of nitrogens with zero attached hydrogens (tertiary/aromatic N) is 2. The highest BCUT2D eigenvalue weighted by molar-refractivity contribution is 5.82. The van der Waals surface area contributed by atoms with Crippen LogP contribution in [-0.4, -0.2) is 36.1 Å². The minimum atomic E-state index is 0.251. The predicted molar refractivity (Wildman–Crippen MR) is 85.2 cm³/mol. The molecule has 4 nitrogen and oxygen atoms in total. The lowest BCUT2D eigenvalue weighted by Gasteiger charge is -2.26. The Morgan fingerprint density at radius 2 is 2.23 bits per heavy atom. The fraction of sp³-hybridized carbons (Fsp3) is 0.667. The van der Waals surface area contributed by atoms with Gasteiger partial charge in [-0.1, -0.05) is 25.3 Å². The number of ether oxygens (including phenoxy) is 1. The Kier molecular flexibility index (Phi) is 4.77. The summed E-state index contributed by atoms with van der Waals surface area (Å²) in [6.07, 6.45) is 11.1. The summed E-state index contributed by atoms with van der Waals surface area (Å²) in [4.78, 5) is 19.1. The number of amides is 1. The van der Waals surface area contributed by atoms with Crippen molar-refractivity contribution >= 4 is 5.91 Å². The van der Waals surface area contributed by atoms with Gasteiger partial charge in [0.25, 0.3) is 0 Å². The maximum absolute atomic E-state index is 12.9. The normalized spacial score (nSPS) is 22.5. The average Bonchev–Trinajstić information content (AvgIpc) is 3.25. The quantitative estimate of drug-likeness (QED) is 0.811. The second-order valence-corrected chi connectivity index (χ2v) is 6.79. The number of rotatable bonds is 6. The van der Waals surface area contributed by atoms with Crippen molar-refractivity contribution in [2.24, 2.45) is 11.3 Å². The maximum Gasteiger partial charge on any atom is 0.226 e. The molecule has 2 saturated carbocycles. The first-order valence-electron chi connectivity index (χ1n) is 8.42. The van der Waals surface area contributed by atoms with Crippen molar-refractivity contribution in [2.75, 3.05) is 20.3 Å². The molecule has 0 N–H and O–H groups in total. The zero-order valence-electron chi connectivity index (χ0n) is 13.5. The molecule has 1 amide bonds. The lowest BCUT2D eigenvalue weighted by Crippen LogP contribution is -2.36. The largest absolute Gasteiger partial charge is 0.383 e. The van der Waals surface area contributed by atoms with Gasteiger partial charge in [-0.05, 0) is 36.3 Å². The summed E-state index contributed by atoms with van der Waals surface area (Å²) in [5.41, 5.74) is 1.43. The standard InChI is InChI=1S/C18H26N2O2/c1-22-11-10-20(14-15-6-5-9-19-13-15)17(21)16-12-18(16)7-3-2-4-8-18/h5-6,9,13,16H,2-4,7-8,10-12,14H2,1H3. The molecule has 0 aliphatic heterocycles. The summed E-state index contributed by atoms with van der Waals surface area (Å²) in [6, 6.07) is 3.96. The molecule has 2 fully saturated rings. The third-order valence-electron chi connectivity index (χ3n) is 5.31. The number of carbonyl (C=O) groups is 1. The van der Waals surface area contributed by atoms with Crippen LogP contribution in [0.1, 0.15) is 44.1 Å². The molecule has 0 saturated heterocycles. The molecule has 0 aromatic carbocycles. The van der Waals surface area contributed by atoms with Crippen molar-refractivity contribution in [3.05, 3.63) is 30.1 Å². The van der Waals surface area contributed by atoms with E-state index in [9.17, 15) is 4.79 Å². The maximum atomic E-state index is 12.9. The molecule has 1 unspecified atom stereocenters. The monoisotopic (exact) mass is 302 g/mol. The van der Waals surface area contributed by atoms with Gasteiger partial charge in [-0.3, -0.25) is 9.78 Å². The third-order valence-corrected chi connectivity index (χ3v) is 5.31. The Labute approximate surface area is 132 Å². The first kappa shape index (κ1) is 15.5. The molecule has 1 aromatic rings. The van der Waals surface area contributed by atoms with E-state index in [-0.39, 0.29) is 5.92 Å². The fourth-order valence-electron chi connectivity index (χ4n) is 3.91. The Balaban J connectivity index is 1.65. The number of hydrogen-bond acceptors (Lipinski definition) is 3. The highest BCUT2D eigenvalue weighted by atomic mass is 16.5. The average molecular weight is 302 g/mol. The van der Waals surface area contributed by atoms with Gasteiger partial charge in [-0.15, -0.1) is 0 Å². The number of carbonyl (C=O) groups excluding carboxylic acids is 1. The van der Waals surface area contributed by atoms with Gasteiger partial charge in [0.2, 0.25) is 5.91 Å². The highest BCUT2D eigenvalue weighted by Gasteiger charge is 2.58. The van der Waals surface area contributed by atoms with Crippen LogP contribution < -0.4 is 0 Å². The SMILES string of the molecule is COCCN(Cc1cccnc1)C(=O)C1CC12CCCCC2. The second kappa shape index (κ2) is 6.78. The number of pyridine rings is 1. The fourth-order valence-corrected chi connectivity index (χ4v) is 3.91. The summed E-state index contributed by atoms with van der Waals surface area (Å²) in [6.45, 7) is 1.89. The lowest BCUT2D eigenvalue weighted by molar-refractivity contribution is -0.135. The van der Waals surface area contributed by atoms with Gasteiger partial charge >= 0.3 is 0 Å². The summed E-state index contributed by atoms with van der Waals surface area (Å²) in [5, 5.41) is 0. The van der Waals surface area contributed by atoms with Gasteiger partial charge in [0.05, 0.1) is 6.61 Å². The summed E-state index contributed by atoms with van der Waals surface area (Å²) in [5.74, 6) is 0.573. The summed E-state index contributed by atoms with van der Waals surface area (Å²) >= 11 is 0. The van der Waals surface area contributed by atoms with Crippen LogP contribution in [0.5, 0.6) is 0 Å². The van der Waals surface area contributed by atoms with Gasteiger partial charge in [0.1, 0.15) is 0 Å². The van der Waals surface area contributed by atoms with Crippen molar-refractivity contribution < 1.29 is 9.53 Å². The topological polar surface area (TPSA) is 42.4 Å². The van der Waals surface area contributed by atoms with E-state index in [4.69, 9.17) is 4.74 Å². The van der Waals surface area contributed by atoms with Crippen LogP contribution in [0.25, 0.3) is 0 Å². The number of hydrogen-bond donors (Lipinski definition) is 0. The smallest absolute Gasteiger partial charge is 0.226 e. The van der Waals surface area contributed by atoms with Crippen molar-refractivity contribution in [3.8, 4) is 0 Å². The van der Waals surface area contributed by atoms with Gasteiger partial charge in [-0.2, -0.15) is 0 Å². The molecule has 1 heterocycles. The van der Waals surface area contributed by atoms with Crippen LogP contribution in [0.3, 0.4) is 0 Å². The van der Waals surface area contributed by atoms with Crippen LogP contribution >= 0.6 is 0 Å². The lowest BCUT2D eigenvalue weighted by atomic mass is 9.84. The molecule has 22 heavy (non-hydrogen) atoms. The van der Waals surface area contributed by atoms with E-state index >= 15 is 0 Å². The summed E-state index contributed by atoms with van der Waals surface area (Å²) < 4.78 is 5.19. The number of methoxy groups -OCH3 is 1. The molecule has 0 radical (unpaired) electrons. The Morgan fingerprint density at radius 3 is 2.91 bits per heavy atom. The Hall–Kier alpha value is -1.42. The molecule has 3 rings (SSSR count). The van der Waals surface area contributed by atoms with Crippen LogP contribution in [0, 0.1) is 11.3 Å². The first-order valence-corrected chi connectivity index (χ1v) is 8.42. The molecular weight excluding hydrogens is 276 g/mol. The van der Waals surface area contributed by atoms with Crippen LogP contribution in [-0.2, 0) is 16.1 Å². The van der Waals surface area contributed by atoms with E-state index in [1.807, 2.05) is 23.2 Å². The van der Waals surface area contributed by atoms with E-state index in [0.29, 0.717) is 31.0 Å². The molecular formula is C18H26N2O2.